The average molecular weight is 367 g/mol. The molecule has 2 aromatic rings. The number of aliphatic carboxylic acids is 1. The minimum absolute atomic E-state index is 0.228. The summed E-state index contributed by atoms with van der Waals surface area (Å²) in [5.41, 5.74) is 1.26. The Morgan fingerprint density at radius 2 is 1.56 bits per heavy atom. The van der Waals surface area contributed by atoms with Crippen molar-refractivity contribution in [3.05, 3.63) is 42.6 Å². The maximum Gasteiger partial charge on any atom is 0.306 e. The molecule has 4 rings (SSSR count). The van der Waals surface area contributed by atoms with Crippen LogP contribution in [0.3, 0.4) is 0 Å². The van der Waals surface area contributed by atoms with Crippen molar-refractivity contribution < 1.29 is 9.90 Å². The zero-order chi connectivity index (χ0) is 18.6. The van der Waals surface area contributed by atoms with E-state index in [1.807, 2.05) is 18.3 Å². The van der Waals surface area contributed by atoms with Crippen molar-refractivity contribution in [1.82, 2.24) is 9.97 Å². The summed E-state index contributed by atoms with van der Waals surface area (Å²) in [6.45, 7) is 5.13. The van der Waals surface area contributed by atoms with E-state index in [-0.39, 0.29) is 5.92 Å². The summed E-state index contributed by atoms with van der Waals surface area (Å²) in [5.74, 6) is 0.748. The predicted octanol–water partition coefficient (Wildman–Crippen LogP) is 2.10. The SMILES string of the molecule is O=C(O)C1CCN(c2ccnc(N3CCN(c4ccccc4)CC3)n2)CC1. The van der Waals surface area contributed by atoms with Gasteiger partial charge in [0.1, 0.15) is 5.82 Å². The Bertz CT molecular complexity index is 769. The van der Waals surface area contributed by atoms with Crippen molar-refractivity contribution >= 4 is 23.4 Å². The summed E-state index contributed by atoms with van der Waals surface area (Å²) >= 11 is 0. The molecule has 0 saturated carbocycles. The first-order valence-electron chi connectivity index (χ1n) is 9.56. The van der Waals surface area contributed by atoms with Crippen LogP contribution in [0.15, 0.2) is 42.6 Å². The largest absolute Gasteiger partial charge is 0.481 e. The van der Waals surface area contributed by atoms with Crippen molar-refractivity contribution in [2.75, 3.05) is 54.0 Å². The fourth-order valence-electron chi connectivity index (χ4n) is 3.83. The van der Waals surface area contributed by atoms with Gasteiger partial charge in [-0.25, -0.2) is 4.98 Å². The monoisotopic (exact) mass is 367 g/mol. The highest BCUT2D eigenvalue weighted by Crippen LogP contribution is 2.24. The number of hydrogen-bond acceptors (Lipinski definition) is 6. The van der Waals surface area contributed by atoms with Gasteiger partial charge in [-0.3, -0.25) is 4.79 Å². The lowest BCUT2D eigenvalue weighted by Gasteiger charge is -2.36. The van der Waals surface area contributed by atoms with E-state index in [9.17, 15) is 4.79 Å². The van der Waals surface area contributed by atoms with Crippen LogP contribution >= 0.6 is 0 Å². The van der Waals surface area contributed by atoms with Crippen LogP contribution in [0.4, 0.5) is 17.5 Å². The van der Waals surface area contributed by atoms with Crippen molar-refractivity contribution in [3.63, 3.8) is 0 Å². The molecule has 3 heterocycles. The van der Waals surface area contributed by atoms with Gasteiger partial charge in [0, 0.05) is 51.2 Å². The number of rotatable bonds is 4. The highest BCUT2D eigenvalue weighted by Gasteiger charge is 2.26. The first kappa shape index (κ1) is 17.6. The van der Waals surface area contributed by atoms with Crippen LogP contribution in [0.25, 0.3) is 0 Å². The third kappa shape index (κ3) is 3.97. The lowest BCUT2D eigenvalue weighted by molar-refractivity contribution is -0.142. The number of benzene rings is 1. The van der Waals surface area contributed by atoms with Gasteiger partial charge in [-0.2, -0.15) is 4.98 Å². The van der Waals surface area contributed by atoms with Gasteiger partial charge < -0.3 is 19.8 Å². The quantitative estimate of drug-likeness (QED) is 0.887. The van der Waals surface area contributed by atoms with Gasteiger partial charge in [-0.15, -0.1) is 0 Å². The number of para-hydroxylation sites is 1. The van der Waals surface area contributed by atoms with Gasteiger partial charge in [-0.05, 0) is 31.0 Å². The summed E-state index contributed by atoms with van der Waals surface area (Å²) in [6.07, 6.45) is 3.15. The summed E-state index contributed by atoms with van der Waals surface area (Å²) in [4.78, 5) is 27.2. The van der Waals surface area contributed by atoms with E-state index in [0.717, 1.165) is 51.0 Å². The van der Waals surface area contributed by atoms with Crippen molar-refractivity contribution in [2.24, 2.45) is 5.92 Å². The molecule has 2 aliphatic rings. The molecule has 0 spiro atoms. The number of piperidine rings is 1. The molecule has 2 aliphatic heterocycles. The lowest BCUT2D eigenvalue weighted by Crippen LogP contribution is -2.47. The number of carboxylic acid groups (broad SMARTS) is 1. The summed E-state index contributed by atoms with van der Waals surface area (Å²) in [5, 5.41) is 9.16. The number of anilines is 3. The molecule has 0 aliphatic carbocycles. The van der Waals surface area contributed by atoms with Crippen molar-refractivity contribution in [1.29, 1.82) is 0 Å². The van der Waals surface area contributed by atoms with E-state index in [1.54, 1.807) is 0 Å². The van der Waals surface area contributed by atoms with E-state index < -0.39 is 5.97 Å². The molecule has 0 radical (unpaired) electrons. The van der Waals surface area contributed by atoms with Crippen LogP contribution in [0, 0.1) is 5.92 Å². The third-order valence-corrected chi connectivity index (χ3v) is 5.48. The molecule has 0 unspecified atom stereocenters. The van der Waals surface area contributed by atoms with E-state index in [1.165, 1.54) is 5.69 Å². The smallest absolute Gasteiger partial charge is 0.306 e. The number of aromatic nitrogens is 2. The van der Waals surface area contributed by atoms with Gasteiger partial charge >= 0.3 is 5.97 Å². The van der Waals surface area contributed by atoms with Crippen LogP contribution < -0.4 is 14.7 Å². The molecule has 1 aromatic heterocycles. The van der Waals surface area contributed by atoms with Gasteiger partial charge in [-0.1, -0.05) is 18.2 Å². The van der Waals surface area contributed by atoms with Crippen molar-refractivity contribution in [3.8, 4) is 0 Å². The van der Waals surface area contributed by atoms with Gasteiger partial charge in [0.2, 0.25) is 5.95 Å². The molecular weight excluding hydrogens is 342 g/mol. The maximum absolute atomic E-state index is 11.1. The Hall–Kier alpha value is -2.83. The van der Waals surface area contributed by atoms with E-state index >= 15 is 0 Å². The zero-order valence-electron chi connectivity index (χ0n) is 15.4. The first-order chi connectivity index (χ1) is 13.2. The highest BCUT2D eigenvalue weighted by molar-refractivity contribution is 5.70. The summed E-state index contributed by atoms with van der Waals surface area (Å²) < 4.78 is 0. The zero-order valence-corrected chi connectivity index (χ0v) is 15.4. The molecule has 27 heavy (non-hydrogen) atoms. The van der Waals surface area contributed by atoms with Gasteiger partial charge in [0.05, 0.1) is 5.92 Å². The van der Waals surface area contributed by atoms with E-state index in [0.29, 0.717) is 12.8 Å². The van der Waals surface area contributed by atoms with Crippen LogP contribution in [-0.2, 0) is 4.79 Å². The molecule has 7 heteroatoms. The average Bonchev–Trinajstić information content (AvgIpc) is 2.75. The fraction of sp³-hybridized carbons (Fsp3) is 0.450. The lowest BCUT2D eigenvalue weighted by atomic mass is 9.97. The van der Waals surface area contributed by atoms with Crippen LogP contribution in [-0.4, -0.2) is 60.3 Å². The molecular formula is C20H25N5O2. The topological polar surface area (TPSA) is 72.8 Å². The Labute approximate surface area is 159 Å². The van der Waals surface area contributed by atoms with Crippen LogP contribution in [0.5, 0.6) is 0 Å². The summed E-state index contributed by atoms with van der Waals surface area (Å²) in [7, 11) is 0. The molecule has 0 amide bonds. The minimum atomic E-state index is -0.686. The Kier molecular flexibility index (Phi) is 5.09. The van der Waals surface area contributed by atoms with Gasteiger partial charge in [0.15, 0.2) is 0 Å². The predicted molar refractivity (Wildman–Crippen MR) is 105 cm³/mol. The molecule has 1 N–H and O–H groups in total. The molecule has 142 valence electrons. The molecule has 2 fully saturated rings. The second-order valence-corrected chi connectivity index (χ2v) is 7.12. The Morgan fingerprint density at radius 1 is 0.889 bits per heavy atom. The number of nitrogens with zero attached hydrogens (tertiary/aromatic N) is 5. The Morgan fingerprint density at radius 3 is 2.22 bits per heavy atom. The molecule has 0 bridgehead atoms. The summed E-state index contributed by atoms with van der Waals surface area (Å²) in [6, 6.07) is 12.4. The highest BCUT2D eigenvalue weighted by atomic mass is 16.4. The maximum atomic E-state index is 11.1. The molecule has 0 atom stereocenters. The standard InChI is InChI=1S/C20H25N5O2/c26-19(27)16-7-10-24(11-8-16)18-6-9-21-20(22-18)25-14-12-23(13-15-25)17-4-2-1-3-5-17/h1-6,9,16H,7-8,10-15H2,(H,26,27). The second kappa shape index (κ2) is 7.82. The molecule has 2 saturated heterocycles. The van der Waals surface area contributed by atoms with E-state index in [4.69, 9.17) is 10.1 Å². The van der Waals surface area contributed by atoms with Gasteiger partial charge in [0.25, 0.3) is 0 Å². The normalized spacial score (nSPS) is 18.6. The molecule has 7 nitrogen and oxygen atoms in total. The number of carboxylic acids is 1. The number of hydrogen-bond donors (Lipinski definition) is 1. The third-order valence-electron chi connectivity index (χ3n) is 5.48. The first-order valence-corrected chi connectivity index (χ1v) is 9.56. The second-order valence-electron chi connectivity index (χ2n) is 7.12. The minimum Gasteiger partial charge on any atom is -0.481 e. The fourth-order valence-corrected chi connectivity index (χ4v) is 3.83. The molecule has 1 aromatic carbocycles. The Balaban J connectivity index is 1.38. The number of piperazine rings is 1. The number of carbonyl (C=O) groups is 1. The van der Waals surface area contributed by atoms with Crippen LogP contribution in [0.1, 0.15) is 12.8 Å². The van der Waals surface area contributed by atoms with E-state index in [2.05, 4.69) is 43.9 Å². The van der Waals surface area contributed by atoms with Crippen LogP contribution in [0.2, 0.25) is 0 Å². The van der Waals surface area contributed by atoms with Crippen molar-refractivity contribution in [2.45, 2.75) is 12.8 Å².